The van der Waals surface area contributed by atoms with Crippen molar-refractivity contribution < 1.29 is 4.39 Å². The van der Waals surface area contributed by atoms with Gasteiger partial charge in [0.2, 0.25) is 0 Å². The highest BCUT2D eigenvalue weighted by Gasteiger charge is 2.22. The molecule has 0 spiro atoms. The number of aromatic nitrogens is 1. The van der Waals surface area contributed by atoms with Crippen LogP contribution in [0.3, 0.4) is 0 Å². The molecule has 0 saturated heterocycles. The van der Waals surface area contributed by atoms with E-state index in [4.69, 9.17) is 0 Å². The summed E-state index contributed by atoms with van der Waals surface area (Å²) >= 11 is 3.60. The zero-order chi connectivity index (χ0) is 16.7. The molecule has 24 heavy (non-hydrogen) atoms. The third-order valence-corrected chi connectivity index (χ3v) is 5.52. The fourth-order valence-corrected chi connectivity index (χ4v) is 4.19. The van der Waals surface area contributed by atoms with E-state index in [0.717, 1.165) is 42.5 Å². The van der Waals surface area contributed by atoms with Gasteiger partial charge in [-0.3, -0.25) is 4.99 Å². The third-order valence-electron chi connectivity index (χ3n) is 5.03. The van der Waals surface area contributed by atoms with Gasteiger partial charge in [0.15, 0.2) is 0 Å². The molecule has 0 aliphatic carbocycles. The van der Waals surface area contributed by atoms with Crippen molar-refractivity contribution in [3.05, 3.63) is 45.7 Å². The summed E-state index contributed by atoms with van der Waals surface area (Å²) in [6.07, 6.45) is 4.72. The van der Waals surface area contributed by atoms with Gasteiger partial charge < -0.3 is 9.47 Å². The summed E-state index contributed by atoms with van der Waals surface area (Å²) in [5.74, 6) is 0. The van der Waals surface area contributed by atoms with E-state index in [1.165, 1.54) is 28.4 Å². The minimum absolute atomic E-state index is 0.485. The molecule has 1 unspecified atom stereocenters. The number of hydrogen-bond donors (Lipinski definition) is 0. The molecule has 3 nitrogen and oxygen atoms in total. The van der Waals surface area contributed by atoms with Crippen LogP contribution in [0.4, 0.5) is 4.39 Å². The summed E-state index contributed by atoms with van der Waals surface area (Å²) < 4.78 is 17.1. The Morgan fingerprint density at radius 3 is 3.08 bits per heavy atom. The average Bonchev–Trinajstić information content (AvgIpc) is 2.85. The number of aliphatic imine (C=N–C) groups is 1. The smallest absolute Gasteiger partial charge is 0.139 e. The quantitative estimate of drug-likeness (QED) is 0.757. The molecule has 0 saturated carbocycles. The molecular weight excluding hydrogens is 369 g/mol. The van der Waals surface area contributed by atoms with E-state index < -0.39 is 6.17 Å². The minimum Gasteiger partial charge on any atom is -0.344 e. The predicted octanol–water partition coefficient (Wildman–Crippen LogP) is 4.48. The van der Waals surface area contributed by atoms with Crippen molar-refractivity contribution in [3.8, 4) is 0 Å². The van der Waals surface area contributed by atoms with E-state index in [2.05, 4.69) is 55.6 Å². The number of halogens is 2. The van der Waals surface area contributed by atoms with Gasteiger partial charge in [-0.15, -0.1) is 0 Å². The molecule has 0 N–H and O–H groups in total. The van der Waals surface area contributed by atoms with E-state index in [-0.39, 0.29) is 0 Å². The number of alkyl halides is 1. The molecule has 3 heterocycles. The highest BCUT2D eigenvalue weighted by atomic mass is 79.9. The van der Waals surface area contributed by atoms with Crippen molar-refractivity contribution in [2.75, 3.05) is 13.6 Å². The van der Waals surface area contributed by atoms with E-state index in [1.807, 2.05) is 6.20 Å². The normalized spacial score (nSPS) is 21.1. The molecule has 0 bridgehead atoms. The maximum absolute atomic E-state index is 13.5. The van der Waals surface area contributed by atoms with Gasteiger partial charge in [0.1, 0.15) is 6.17 Å². The first-order valence-electron chi connectivity index (χ1n) is 8.45. The highest BCUT2D eigenvalue weighted by molar-refractivity contribution is 9.10. The lowest BCUT2D eigenvalue weighted by Crippen LogP contribution is -2.27. The van der Waals surface area contributed by atoms with Crippen LogP contribution in [0.5, 0.6) is 0 Å². The van der Waals surface area contributed by atoms with Crippen molar-refractivity contribution in [1.82, 2.24) is 9.47 Å². The SMILES string of the molecule is CN1CCc2c(c3cc(Br)ccc3n2CCC2=CN=CC(F)C2)C1. The van der Waals surface area contributed by atoms with Crippen LogP contribution in [-0.2, 0) is 19.5 Å². The topological polar surface area (TPSA) is 20.5 Å². The standard InChI is InChI=1S/C19H21BrFN3/c1-23-6-5-19-17(12-23)16-9-14(20)2-3-18(16)24(19)7-4-13-8-15(21)11-22-10-13/h2-3,9-11,15H,4-8,12H2,1H3. The van der Waals surface area contributed by atoms with Crippen LogP contribution in [0.1, 0.15) is 24.1 Å². The summed E-state index contributed by atoms with van der Waals surface area (Å²) in [4.78, 5) is 6.40. The number of aryl methyl sites for hydroxylation is 1. The molecule has 0 amide bonds. The van der Waals surface area contributed by atoms with Gasteiger partial charge in [-0.2, -0.15) is 0 Å². The maximum atomic E-state index is 13.5. The number of hydrogen-bond acceptors (Lipinski definition) is 2. The van der Waals surface area contributed by atoms with Crippen molar-refractivity contribution in [2.45, 2.75) is 38.5 Å². The fourth-order valence-electron chi connectivity index (χ4n) is 3.83. The molecule has 4 rings (SSSR count). The molecule has 1 atom stereocenters. The molecule has 2 aliphatic rings. The Kier molecular flexibility index (Phi) is 4.31. The van der Waals surface area contributed by atoms with Gasteiger partial charge >= 0.3 is 0 Å². The molecule has 1 aromatic heterocycles. The average molecular weight is 390 g/mol. The lowest BCUT2D eigenvalue weighted by atomic mass is 10.0. The van der Waals surface area contributed by atoms with Gasteiger partial charge in [0, 0.05) is 66.0 Å². The Labute approximate surface area is 150 Å². The third kappa shape index (κ3) is 2.95. The van der Waals surface area contributed by atoms with Crippen LogP contribution in [0.15, 0.2) is 39.4 Å². The predicted molar refractivity (Wildman–Crippen MR) is 100 cm³/mol. The number of rotatable bonds is 3. The van der Waals surface area contributed by atoms with Crippen LogP contribution in [0.25, 0.3) is 10.9 Å². The van der Waals surface area contributed by atoms with Crippen molar-refractivity contribution in [1.29, 1.82) is 0 Å². The molecule has 1 aromatic carbocycles. The first kappa shape index (κ1) is 16.0. The fraction of sp³-hybridized carbons (Fsp3) is 0.421. The Balaban J connectivity index is 1.70. The van der Waals surface area contributed by atoms with Crippen LogP contribution in [0, 0.1) is 0 Å². The molecule has 5 heteroatoms. The van der Waals surface area contributed by atoms with E-state index in [9.17, 15) is 4.39 Å². The van der Waals surface area contributed by atoms with E-state index >= 15 is 0 Å². The summed E-state index contributed by atoms with van der Waals surface area (Å²) in [5, 5.41) is 1.34. The molecule has 126 valence electrons. The summed E-state index contributed by atoms with van der Waals surface area (Å²) in [6.45, 7) is 2.98. The second-order valence-electron chi connectivity index (χ2n) is 6.78. The second kappa shape index (κ2) is 6.45. The van der Waals surface area contributed by atoms with Crippen LogP contribution < -0.4 is 0 Å². The summed E-state index contributed by atoms with van der Waals surface area (Å²) in [7, 11) is 2.18. The molecule has 2 aromatic rings. The summed E-state index contributed by atoms with van der Waals surface area (Å²) in [5.41, 5.74) is 5.28. The molecule has 0 radical (unpaired) electrons. The van der Waals surface area contributed by atoms with Gasteiger partial charge in [0.05, 0.1) is 0 Å². The Morgan fingerprint density at radius 1 is 1.38 bits per heavy atom. The van der Waals surface area contributed by atoms with Crippen molar-refractivity contribution in [3.63, 3.8) is 0 Å². The Morgan fingerprint density at radius 2 is 2.25 bits per heavy atom. The number of nitrogens with zero attached hydrogens (tertiary/aromatic N) is 3. The second-order valence-corrected chi connectivity index (χ2v) is 7.70. The van der Waals surface area contributed by atoms with Crippen LogP contribution >= 0.6 is 15.9 Å². The van der Waals surface area contributed by atoms with Gasteiger partial charge in [-0.25, -0.2) is 4.39 Å². The zero-order valence-corrected chi connectivity index (χ0v) is 15.4. The molecule has 2 aliphatic heterocycles. The summed E-state index contributed by atoms with van der Waals surface area (Å²) in [6, 6.07) is 6.53. The molecular formula is C19H21BrFN3. The first-order valence-corrected chi connectivity index (χ1v) is 9.24. The number of fused-ring (bicyclic) bond motifs is 3. The number of allylic oxidation sites excluding steroid dienone is 1. The number of benzene rings is 1. The number of likely N-dealkylation sites (N-methyl/N-ethyl adjacent to an activating group) is 1. The molecule has 0 fully saturated rings. The van der Waals surface area contributed by atoms with Crippen molar-refractivity contribution in [2.24, 2.45) is 4.99 Å². The Bertz CT molecular complexity index is 837. The van der Waals surface area contributed by atoms with Gasteiger partial charge in [0.25, 0.3) is 0 Å². The van der Waals surface area contributed by atoms with Crippen LogP contribution in [-0.4, -0.2) is 35.4 Å². The van der Waals surface area contributed by atoms with E-state index in [0.29, 0.717) is 6.42 Å². The van der Waals surface area contributed by atoms with Crippen LogP contribution in [0.2, 0.25) is 0 Å². The highest BCUT2D eigenvalue weighted by Crippen LogP contribution is 2.33. The monoisotopic (exact) mass is 389 g/mol. The van der Waals surface area contributed by atoms with Crippen molar-refractivity contribution >= 4 is 33.0 Å². The van der Waals surface area contributed by atoms with Gasteiger partial charge in [-0.1, -0.05) is 15.9 Å². The van der Waals surface area contributed by atoms with Gasteiger partial charge in [-0.05, 0) is 42.8 Å². The zero-order valence-electron chi connectivity index (χ0n) is 13.8. The first-order chi connectivity index (χ1) is 11.6. The largest absolute Gasteiger partial charge is 0.344 e. The lowest BCUT2D eigenvalue weighted by Gasteiger charge is -2.24. The minimum atomic E-state index is -0.926. The Hall–Kier alpha value is -1.46. The lowest BCUT2D eigenvalue weighted by molar-refractivity contribution is 0.309. The van der Waals surface area contributed by atoms with E-state index in [1.54, 1.807) is 0 Å². The maximum Gasteiger partial charge on any atom is 0.139 e.